The number of carbonyl (C=O) groups excluding carboxylic acids is 1. The SMILES string of the molecule is COc1ccc(C(=O)NCC(N2CCNCC2)C(F)(F)F)cc1F.Cl. The number of hydrogen-bond acceptors (Lipinski definition) is 4. The Morgan fingerprint density at radius 3 is 2.52 bits per heavy atom. The van der Waals surface area contributed by atoms with E-state index >= 15 is 0 Å². The van der Waals surface area contributed by atoms with Crippen LogP contribution >= 0.6 is 12.4 Å². The quantitative estimate of drug-likeness (QED) is 0.759. The Labute approximate surface area is 149 Å². The van der Waals surface area contributed by atoms with Crippen molar-refractivity contribution in [3.05, 3.63) is 29.6 Å². The van der Waals surface area contributed by atoms with Gasteiger partial charge in [0.25, 0.3) is 5.91 Å². The molecule has 5 nitrogen and oxygen atoms in total. The third kappa shape index (κ3) is 5.72. The highest BCUT2D eigenvalue weighted by Gasteiger charge is 2.43. The summed E-state index contributed by atoms with van der Waals surface area (Å²) in [6.07, 6.45) is -4.46. The van der Waals surface area contributed by atoms with Crippen molar-refractivity contribution in [2.24, 2.45) is 0 Å². The van der Waals surface area contributed by atoms with E-state index < -0.39 is 30.5 Å². The molecule has 0 bridgehead atoms. The van der Waals surface area contributed by atoms with Crippen LogP contribution in [0.5, 0.6) is 5.75 Å². The molecular formula is C15H20ClF4N3O2. The van der Waals surface area contributed by atoms with Crippen LogP contribution in [0.2, 0.25) is 0 Å². The fourth-order valence-electron chi connectivity index (χ4n) is 2.54. The van der Waals surface area contributed by atoms with Gasteiger partial charge in [0, 0.05) is 38.3 Å². The Kier molecular flexibility index (Phi) is 7.91. The summed E-state index contributed by atoms with van der Waals surface area (Å²) < 4.78 is 58.0. The Hall–Kier alpha value is -1.58. The average molecular weight is 386 g/mol. The second kappa shape index (κ2) is 9.21. The lowest BCUT2D eigenvalue weighted by Gasteiger charge is -2.35. The van der Waals surface area contributed by atoms with Gasteiger partial charge in [-0.15, -0.1) is 12.4 Å². The van der Waals surface area contributed by atoms with Crippen LogP contribution in [0.4, 0.5) is 17.6 Å². The van der Waals surface area contributed by atoms with Gasteiger partial charge in [-0.3, -0.25) is 9.69 Å². The summed E-state index contributed by atoms with van der Waals surface area (Å²) in [7, 11) is 1.28. The Morgan fingerprint density at radius 2 is 2.00 bits per heavy atom. The number of halogens is 5. The lowest BCUT2D eigenvalue weighted by Crippen LogP contribution is -2.57. The zero-order valence-corrected chi connectivity index (χ0v) is 14.3. The van der Waals surface area contributed by atoms with Crippen LogP contribution < -0.4 is 15.4 Å². The van der Waals surface area contributed by atoms with E-state index in [2.05, 4.69) is 10.6 Å². The van der Waals surface area contributed by atoms with E-state index in [-0.39, 0.29) is 36.8 Å². The first kappa shape index (κ1) is 21.5. The maximum atomic E-state index is 13.6. The number of piperazine rings is 1. The van der Waals surface area contributed by atoms with Crippen molar-refractivity contribution in [1.29, 1.82) is 0 Å². The minimum Gasteiger partial charge on any atom is -0.494 e. The van der Waals surface area contributed by atoms with E-state index in [9.17, 15) is 22.4 Å². The van der Waals surface area contributed by atoms with E-state index in [0.717, 1.165) is 6.07 Å². The lowest BCUT2D eigenvalue weighted by molar-refractivity contribution is -0.183. The van der Waals surface area contributed by atoms with Gasteiger partial charge < -0.3 is 15.4 Å². The molecule has 0 radical (unpaired) electrons. The van der Waals surface area contributed by atoms with Crippen molar-refractivity contribution in [2.45, 2.75) is 12.2 Å². The van der Waals surface area contributed by atoms with Gasteiger partial charge in [-0.2, -0.15) is 13.2 Å². The molecule has 2 rings (SSSR count). The van der Waals surface area contributed by atoms with Crippen LogP contribution in [-0.2, 0) is 0 Å². The molecule has 1 aromatic rings. The van der Waals surface area contributed by atoms with Crippen LogP contribution in [-0.4, -0.2) is 62.9 Å². The second-order valence-corrected chi connectivity index (χ2v) is 5.40. The number of nitrogens with zero attached hydrogens (tertiary/aromatic N) is 1. The minimum absolute atomic E-state index is 0. The van der Waals surface area contributed by atoms with Crippen molar-refractivity contribution in [1.82, 2.24) is 15.5 Å². The summed E-state index contributed by atoms with van der Waals surface area (Å²) in [6, 6.07) is 1.71. The smallest absolute Gasteiger partial charge is 0.405 e. The first-order chi connectivity index (χ1) is 11.3. The van der Waals surface area contributed by atoms with Gasteiger partial charge in [0.2, 0.25) is 0 Å². The molecule has 1 amide bonds. The maximum Gasteiger partial charge on any atom is 0.405 e. The molecule has 0 spiro atoms. The molecule has 1 fully saturated rings. The second-order valence-electron chi connectivity index (χ2n) is 5.40. The lowest BCUT2D eigenvalue weighted by atomic mass is 10.1. The molecule has 25 heavy (non-hydrogen) atoms. The number of alkyl halides is 3. The van der Waals surface area contributed by atoms with E-state index in [1.54, 1.807) is 0 Å². The molecular weight excluding hydrogens is 366 g/mol. The first-order valence-electron chi connectivity index (χ1n) is 7.46. The van der Waals surface area contributed by atoms with Crippen molar-refractivity contribution < 1.29 is 27.1 Å². The van der Waals surface area contributed by atoms with Gasteiger partial charge in [0.05, 0.1) is 7.11 Å². The van der Waals surface area contributed by atoms with Gasteiger partial charge in [-0.25, -0.2) is 4.39 Å². The normalized spacial score (nSPS) is 16.7. The van der Waals surface area contributed by atoms with Crippen molar-refractivity contribution in [2.75, 3.05) is 39.8 Å². The number of nitrogens with one attached hydrogen (secondary N) is 2. The summed E-state index contributed by atoms with van der Waals surface area (Å²) in [6.45, 7) is 0.832. The molecule has 1 aromatic carbocycles. The molecule has 1 unspecified atom stereocenters. The van der Waals surface area contributed by atoms with E-state index in [1.807, 2.05) is 0 Å². The van der Waals surface area contributed by atoms with Crippen LogP contribution in [0.1, 0.15) is 10.4 Å². The summed E-state index contributed by atoms with van der Waals surface area (Å²) in [5, 5.41) is 5.22. The van der Waals surface area contributed by atoms with Crippen molar-refractivity contribution in [3.63, 3.8) is 0 Å². The molecule has 0 aromatic heterocycles. The number of ether oxygens (including phenoxy) is 1. The molecule has 0 saturated carbocycles. The highest BCUT2D eigenvalue weighted by molar-refractivity contribution is 5.94. The number of amides is 1. The summed E-state index contributed by atoms with van der Waals surface area (Å²) in [5.41, 5.74) is -0.0606. The molecule has 142 valence electrons. The predicted octanol–water partition coefficient (Wildman–Crippen LogP) is 1.82. The van der Waals surface area contributed by atoms with Crippen LogP contribution in [0.15, 0.2) is 18.2 Å². The van der Waals surface area contributed by atoms with Crippen LogP contribution in [0.3, 0.4) is 0 Å². The monoisotopic (exact) mass is 385 g/mol. The third-order valence-corrected chi connectivity index (χ3v) is 3.84. The molecule has 1 aliphatic rings. The van der Waals surface area contributed by atoms with E-state index in [1.165, 1.54) is 24.1 Å². The number of carbonyl (C=O) groups is 1. The number of benzene rings is 1. The Balaban J connectivity index is 0.00000312. The standard InChI is InChI=1S/C15H19F4N3O2.ClH/c1-24-12-3-2-10(8-11(12)16)14(23)21-9-13(15(17,18)19)22-6-4-20-5-7-22;/h2-3,8,13,20H,4-7,9H2,1H3,(H,21,23);1H. The average Bonchev–Trinajstić information content (AvgIpc) is 2.54. The van der Waals surface area contributed by atoms with Crippen molar-refractivity contribution in [3.8, 4) is 5.75 Å². The number of methoxy groups -OCH3 is 1. The molecule has 1 aliphatic heterocycles. The Morgan fingerprint density at radius 1 is 1.36 bits per heavy atom. The predicted molar refractivity (Wildman–Crippen MR) is 86.8 cm³/mol. The Bertz CT molecular complexity index is 580. The topological polar surface area (TPSA) is 53.6 Å². The number of hydrogen-bond donors (Lipinski definition) is 2. The summed E-state index contributed by atoms with van der Waals surface area (Å²) >= 11 is 0. The van der Waals surface area contributed by atoms with Gasteiger partial charge in [-0.05, 0) is 18.2 Å². The molecule has 1 heterocycles. The fourth-order valence-corrected chi connectivity index (χ4v) is 2.54. The van der Waals surface area contributed by atoms with Gasteiger partial charge in [0.15, 0.2) is 11.6 Å². The molecule has 0 aliphatic carbocycles. The number of rotatable bonds is 5. The molecule has 10 heteroatoms. The largest absolute Gasteiger partial charge is 0.494 e. The summed E-state index contributed by atoms with van der Waals surface area (Å²) in [4.78, 5) is 13.3. The van der Waals surface area contributed by atoms with E-state index in [4.69, 9.17) is 4.74 Å². The zero-order chi connectivity index (χ0) is 17.7. The van der Waals surface area contributed by atoms with E-state index in [0.29, 0.717) is 13.1 Å². The first-order valence-corrected chi connectivity index (χ1v) is 7.46. The maximum absolute atomic E-state index is 13.6. The summed E-state index contributed by atoms with van der Waals surface area (Å²) in [5.74, 6) is -1.55. The van der Waals surface area contributed by atoms with Gasteiger partial charge in [0.1, 0.15) is 6.04 Å². The van der Waals surface area contributed by atoms with Crippen molar-refractivity contribution >= 4 is 18.3 Å². The van der Waals surface area contributed by atoms with Crippen LogP contribution in [0, 0.1) is 5.82 Å². The fraction of sp³-hybridized carbons (Fsp3) is 0.533. The highest BCUT2D eigenvalue weighted by atomic mass is 35.5. The van der Waals surface area contributed by atoms with Gasteiger partial charge >= 0.3 is 6.18 Å². The molecule has 1 atom stereocenters. The highest BCUT2D eigenvalue weighted by Crippen LogP contribution is 2.25. The minimum atomic E-state index is -4.46. The van der Waals surface area contributed by atoms with Crippen LogP contribution in [0.25, 0.3) is 0 Å². The van der Waals surface area contributed by atoms with Gasteiger partial charge in [-0.1, -0.05) is 0 Å². The molecule has 1 saturated heterocycles. The third-order valence-electron chi connectivity index (χ3n) is 3.84. The molecule has 2 N–H and O–H groups in total. The zero-order valence-electron chi connectivity index (χ0n) is 13.5.